The van der Waals surface area contributed by atoms with Crippen LogP contribution in [-0.4, -0.2) is 41.5 Å². The van der Waals surface area contributed by atoms with Crippen molar-refractivity contribution in [3.8, 4) is 0 Å². The standard InChI is InChI=1S/C11H23NOS/c13-10-11-6-2-1-3-7-12(11)8-4-5-9-14/h11,13-14H,1-10H2. The van der Waals surface area contributed by atoms with Crippen LogP contribution in [-0.2, 0) is 0 Å². The van der Waals surface area contributed by atoms with Crippen LogP contribution in [0.3, 0.4) is 0 Å². The van der Waals surface area contributed by atoms with Crippen LogP contribution in [0.5, 0.6) is 0 Å². The highest BCUT2D eigenvalue weighted by molar-refractivity contribution is 7.80. The number of nitrogens with zero attached hydrogens (tertiary/aromatic N) is 1. The van der Waals surface area contributed by atoms with Gasteiger partial charge in [-0.2, -0.15) is 12.6 Å². The average molecular weight is 217 g/mol. The van der Waals surface area contributed by atoms with Crippen LogP contribution in [0.4, 0.5) is 0 Å². The first-order valence-corrected chi connectivity index (χ1v) is 6.47. The molecule has 0 radical (unpaired) electrons. The average Bonchev–Trinajstić information content (AvgIpc) is 2.43. The van der Waals surface area contributed by atoms with Crippen molar-refractivity contribution in [3.63, 3.8) is 0 Å². The Kier molecular flexibility index (Phi) is 6.65. The molecule has 0 aromatic carbocycles. The maximum Gasteiger partial charge on any atom is 0.0586 e. The Balaban J connectivity index is 2.28. The molecule has 0 aliphatic carbocycles. The Morgan fingerprint density at radius 1 is 1.21 bits per heavy atom. The third-order valence-corrected chi connectivity index (χ3v) is 3.38. The van der Waals surface area contributed by atoms with Crippen molar-refractivity contribution < 1.29 is 5.11 Å². The Hall–Kier alpha value is 0.270. The van der Waals surface area contributed by atoms with Crippen LogP contribution in [0.2, 0.25) is 0 Å². The lowest BCUT2D eigenvalue weighted by molar-refractivity contribution is 0.123. The quantitative estimate of drug-likeness (QED) is 0.543. The van der Waals surface area contributed by atoms with Crippen molar-refractivity contribution in [1.29, 1.82) is 0 Å². The molecule has 84 valence electrons. The first kappa shape index (κ1) is 12.3. The predicted molar refractivity (Wildman–Crippen MR) is 64.0 cm³/mol. The van der Waals surface area contributed by atoms with E-state index in [1.54, 1.807) is 0 Å². The van der Waals surface area contributed by atoms with Crippen molar-refractivity contribution in [3.05, 3.63) is 0 Å². The van der Waals surface area contributed by atoms with Gasteiger partial charge < -0.3 is 5.11 Å². The van der Waals surface area contributed by atoms with E-state index in [4.69, 9.17) is 0 Å². The molecule has 14 heavy (non-hydrogen) atoms. The molecule has 0 aromatic rings. The van der Waals surface area contributed by atoms with Gasteiger partial charge in [0.2, 0.25) is 0 Å². The molecule has 0 amide bonds. The molecule has 2 nitrogen and oxygen atoms in total. The van der Waals surface area contributed by atoms with Gasteiger partial charge >= 0.3 is 0 Å². The molecule has 1 fully saturated rings. The zero-order valence-corrected chi connectivity index (χ0v) is 9.88. The van der Waals surface area contributed by atoms with Gasteiger partial charge in [0.05, 0.1) is 6.61 Å². The molecule has 0 bridgehead atoms. The molecule has 0 spiro atoms. The molecule has 1 aliphatic heterocycles. The van der Waals surface area contributed by atoms with Gasteiger partial charge in [-0.25, -0.2) is 0 Å². The van der Waals surface area contributed by atoms with Gasteiger partial charge in [0, 0.05) is 6.04 Å². The van der Waals surface area contributed by atoms with Crippen LogP contribution >= 0.6 is 12.6 Å². The van der Waals surface area contributed by atoms with Gasteiger partial charge in [0.1, 0.15) is 0 Å². The van der Waals surface area contributed by atoms with E-state index < -0.39 is 0 Å². The molecule has 0 aromatic heterocycles. The normalized spacial score (nSPS) is 24.9. The fraction of sp³-hybridized carbons (Fsp3) is 1.00. The van der Waals surface area contributed by atoms with Gasteiger partial charge in [-0.15, -0.1) is 0 Å². The Labute approximate surface area is 93.1 Å². The second-order valence-corrected chi connectivity index (χ2v) is 4.60. The van der Waals surface area contributed by atoms with Crippen LogP contribution in [0, 0.1) is 0 Å². The van der Waals surface area contributed by atoms with Crippen LogP contribution < -0.4 is 0 Å². The highest BCUT2D eigenvalue weighted by Crippen LogP contribution is 2.16. The van der Waals surface area contributed by atoms with Crippen molar-refractivity contribution >= 4 is 12.6 Å². The van der Waals surface area contributed by atoms with Gasteiger partial charge in [0.15, 0.2) is 0 Å². The summed E-state index contributed by atoms with van der Waals surface area (Å²) in [5, 5.41) is 9.29. The molecule has 3 heteroatoms. The molecule has 1 heterocycles. The van der Waals surface area contributed by atoms with Crippen molar-refractivity contribution in [2.75, 3.05) is 25.4 Å². The number of rotatable bonds is 5. The van der Waals surface area contributed by atoms with E-state index >= 15 is 0 Å². The number of hydrogen-bond donors (Lipinski definition) is 2. The topological polar surface area (TPSA) is 23.5 Å². The van der Waals surface area contributed by atoms with E-state index in [2.05, 4.69) is 17.5 Å². The van der Waals surface area contributed by atoms with Crippen molar-refractivity contribution in [2.45, 2.75) is 44.6 Å². The number of aliphatic hydroxyl groups excluding tert-OH is 1. The highest BCUT2D eigenvalue weighted by atomic mass is 32.1. The second-order valence-electron chi connectivity index (χ2n) is 4.15. The monoisotopic (exact) mass is 217 g/mol. The van der Waals surface area contributed by atoms with Crippen LogP contribution in [0.1, 0.15) is 38.5 Å². The van der Waals surface area contributed by atoms with Crippen molar-refractivity contribution in [1.82, 2.24) is 4.90 Å². The molecule has 1 saturated heterocycles. The summed E-state index contributed by atoms with van der Waals surface area (Å²) in [6, 6.07) is 0.428. The van der Waals surface area contributed by atoms with E-state index in [-0.39, 0.29) is 0 Å². The second kappa shape index (κ2) is 7.55. The maximum atomic E-state index is 9.29. The summed E-state index contributed by atoms with van der Waals surface area (Å²) in [6.07, 6.45) is 7.51. The number of hydrogen-bond acceptors (Lipinski definition) is 3. The molecule has 1 N–H and O–H groups in total. The van der Waals surface area contributed by atoms with Gasteiger partial charge in [0.25, 0.3) is 0 Å². The molecule has 1 atom stereocenters. The van der Waals surface area contributed by atoms with Gasteiger partial charge in [-0.1, -0.05) is 12.8 Å². The summed E-state index contributed by atoms with van der Waals surface area (Å²) >= 11 is 4.22. The largest absolute Gasteiger partial charge is 0.395 e. The highest BCUT2D eigenvalue weighted by Gasteiger charge is 2.19. The number of likely N-dealkylation sites (tertiary alicyclic amines) is 1. The summed E-state index contributed by atoms with van der Waals surface area (Å²) in [5.41, 5.74) is 0. The third-order valence-electron chi connectivity index (χ3n) is 3.06. The fourth-order valence-corrected chi connectivity index (χ4v) is 2.39. The van der Waals surface area contributed by atoms with Crippen LogP contribution in [0.25, 0.3) is 0 Å². The summed E-state index contributed by atoms with van der Waals surface area (Å²) in [5.74, 6) is 0.984. The lowest BCUT2D eigenvalue weighted by atomic mass is 10.1. The summed E-state index contributed by atoms with van der Waals surface area (Å²) in [4.78, 5) is 2.47. The number of unbranched alkanes of at least 4 members (excludes halogenated alkanes) is 1. The Bertz CT molecular complexity index is 143. The smallest absolute Gasteiger partial charge is 0.0586 e. The Morgan fingerprint density at radius 2 is 2.07 bits per heavy atom. The van der Waals surface area contributed by atoms with E-state index in [0.29, 0.717) is 12.6 Å². The zero-order chi connectivity index (χ0) is 10.2. The SMILES string of the molecule is OCC1CCCCCN1CCCCS. The first-order valence-electron chi connectivity index (χ1n) is 5.84. The number of aliphatic hydroxyl groups is 1. The minimum absolute atomic E-state index is 0.334. The van der Waals surface area contributed by atoms with E-state index in [9.17, 15) is 5.11 Å². The Morgan fingerprint density at radius 3 is 2.79 bits per heavy atom. The lowest BCUT2D eigenvalue weighted by Gasteiger charge is -2.28. The third kappa shape index (κ3) is 4.20. The molecule has 1 unspecified atom stereocenters. The zero-order valence-electron chi connectivity index (χ0n) is 8.99. The molecular formula is C11H23NOS. The minimum Gasteiger partial charge on any atom is -0.395 e. The van der Waals surface area contributed by atoms with E-state index in [1.807, 2.05) is 0 Å². The van der Waals surface area contributed by atoms with Crippen molar-refractivity contribution in [2.24, 2.45) is 0 Å². The van der Waals surface area contributed by atoms with Crippen LogP contribution in [0.15, 0.2) is 0 Å². The molecule has 1 aliphatic rings. The van der Waals surface area contributed by atoms with E-state index in [0.717, 1.165) is 12.3 Å². The fourth-order valence-electron chi connectivity index (χ4n) is 2.16. The van der Waals surface area contributed by atoms with Gasteiger partial charge in [-0.3, -0.25) is 4.90 Å². The summed E-state index contributed by atoms with van der Waals surface area (Å²) < 4.78 is 0. The molecular weight excluding hydrogens is 194 g/mol. The minimum atomic E-state index is 0.334. The maximum absolute atomic E-state index is 9.29. The molecule has 0 saturated carbocycles. The van der Waals surface area contributed by atoms with E-state index in [1.165, 1.54) is 45.1 Å². The first-order chi connectivity index (χ1) is 6.88. The van der Waals surface area contributed by atoms with Gasteiger partial charge in [-0.05, 0) is 44.5 Å². The summed E-state index contributed by atoms with van der Waals surface area (Å²) in [7, 11) is 0. The predicted octanol–water partition coefficient (Wildman–Crippen LogP) is 1.93. The number of thiol groups is 1. The summed E-state index contributed by atoms with van der Waals surface area (Å²) in [6.45, 7) is 2.66. The lowest BCUT2D eigenvalue weighted by Crippen LogP contribution is -2.38. The molecule has 1 rings (SSSR count).